The Morgan fingerprint density at radius 2 is 2.29 bits per heavy atom. The predicted molar refractivity (Wildman–Crippen MR) is 57.1 cm³/mol. The van der Waals surface area contributed by atoms with Crippen LogP contribution in [0.25, 0.3) is 0 Å². The van der Waals surface area contributed by atoms with Crippen LogP contribution in [0.4, 0.5) is 0 Å². The molecule has 1 aromatic heterocycles. The Morgan fingerprint density at radius 1 is 1.64 bits per heavy atom. The maximum Gasteiger partial charge on any atom is 0.144 e. The number of aromatic nitrogens is 1. The standard InChI is InChI=1S/C9H13BrN2O2/c1-9(13,5-11)8-6(10)3-12-4-7(8)14-2/h3-4,13H,5,11H2,1-2H3. The maximum atomic E-state index is 10.0. The molecule has 0 aliphatic rings. The molecule has 1 rings (SSSR count). The van der Waals surface area contributed by atoms with E-state index in [1.807, 2.05) is 0 Å². The zero-order chi connectivity index (χ0) is 10.8. The average Bonchev–Trinajstić information content (AvgIpc) is 2.17. The molecule has 5 heteroatoms. The lowest BCUT2D eigenvalue weighted by molar-refractivity contribution is 0.0631. The summed E-state index contributed by atoms with van der Waals surface area (Å²) in [6, 6.07) is 0. The van der Waals surface area contributed by atoms with Gasteiger partial charge in [-0.3, -0.25) is 4.98 Å². The Morgan fingerprint density at radius 3 is 2.79 bits per heavy atom. The molecular formula is C9H13BrN2O2. The lowest BCUT2D eigenvalue weighted by Crippen LogP contribution is -2.32. The zero-order valence-corrected chi connectivity index (χ0v) is 9.71. The summed E-state index contributed by atoms with van der Waals surface area (Å²) in [7, 11) is 1.53. The Hall–Kier alpha value is -0.650. The van der Waals surface area contributed by atoms with Crippen molar-refractivity contribution in [3.63, 3.8) is 0 Å². The molecule has 0 aliphatic carbocycles. The van der Waals surface area contributed by atoms with E-state index in [0.29, 0.717) is 15.8 Å². The van der Waals surface area contributed by atoms with Crippen LogP contribution in [0.3, 0.4) is 0 Å². The number of pyridine rings is 1. The summed E-state index contributed by atoms with van der Waals surface area (Å²) in [6.45, 7) is 1.75. The first-order chi connectivity index (χ1) is 6.53. The van der Waals surface area contributed by atoms with Gasteiger partial charge in [-0.2, -0.15) is 0 Å². The van der Waals surface area contributed by atoms with Gasteiger partial charge in [0.05, 0.1) is 13.3 Å². The number of hydrogen-bond donors (Lipinski definition) is 2. The van der Waals surface area contributed by atoms with Crippen molar-refractivity contribution in [2.45, 2.75) is 12.5 Å². The molecule has 0 fully saturated rings. The number of halogens is 1. The van der Waals surface area contributed by atoms with Gasteiger partial charge in [0.25, 0.3) is 0 Å². The second-order valence-electron chi connectivity index (χ2n) is 3.18. The second kappa shape index (κ2) is 4.25. The molecule has 1 aromatic rings. The number of nitrogens with two attached hydrogens (primary N) is 1. The maximum absolute atomic E-state index is 10.0. The molecule has 1 unspecified atom stereocenters. The summed E-state index contributed by atoms with van der Waals surface area (Å²) in [5.41, 5.74) is 4.99. The first-order valence-corrected chi connectivity index (χ1v) is 4.92. The van der Waals surface area contributed by atoms with Crippen LogP contribution < -0.4 is 10.5 Å². The highest BCUT2D eigenvalue weighted by Crippen LogP contribution is 2.34. The second-order valence-corrected chi connectivity index (χ2v) is 4.03. The van der Waals surface area contributed by atoms with Gasteiger partial charge in [-0.25, -0.2) is 0 Å². The Kier molecular flexibility index (Phi) is 3.47. The number of hydrogen-bond acceptors (Lipinski definition) is 4. The van der Waals surface area contributed by atoms with Gasteiger partial charge in [0.1, 0.15) is 11.4 Å². The van der Waals surface area contributed by atoms with Crippen molar-refractivity contribution in [1.29, 1.82) is 0 Å². The van der Waals surface area contributed by atoms with Crippen molar-refractivity contribution in [2.24, 2.45) is 5.73 Å². The van der Waals surface area contributed by atoms with Crippen LogP contribution in [-0.4, -0.2) is 23.7 Å². The molecular weight excluding hydrogens is 248 g/mol. The first-order valence-electron chi connectivity index (χ1n) is 4.13. The normalized spacial score (nSPS) is 14.9. The van der Waals surface area contributed by atoms with E-state index >= 15 is 0 Å². The molecule has 4 nitrogen and oxygen atoms in total. The summed E-state index contributed by atoms with van der Waals surface area (Å²) in [5.74, 6) is 0.523. The molecule has 14 heavy (non-hydrogen) atoms. The molecule has 78 valence electrons. The van der Waals surface area contributed by atoms with Gasteiger partial charge in [0, 0.05) is 22.8 Å². The molecule has 0 saturated heterocycles. The summed E-state index contributed by atoms with van der Waals surface area (Å²) >= 11 is 3.31. The van der Waals surface area contributed by atoms with Crippen LogP contribution in [0.2, 0.25) is 0 Å². The van der Waals surface area contributed by atoms with E-state index in [9.17, 15) is 5.11 Å². The minimum atomic E-state index is -1.12. The quantitative estimate of drug-likeness (QED) is 0.852. The van der Waals surface area contributed by atoms with Crippen LogP contribution in [0.15, 0.2) is 16.9 Å². The third kappa shape index (κ3) is 2.05. The number of methoxy groups -OCH3 is 1. The van der Waals surface area contributed by atoms with E-state index in [2.05, 4.69) is 20.9 Å². The molecule has 0 aromatic carbocycles. The minimum absolute atomic E-state index is 0.117. The molecule has 0 aliphatic heterocycles. The molecule has 1 atom stereocenters. The van der Waals surface area contributed by atoms with E-state index in [4.69, 9.17) is 10.5 Å². The highest BCUT2D eigenvalue weighted by molar-refractivity contribution is 9.10. The van der Waals surface area contributed by atoms with Crippen molar-refractivity contribution in [1.82, 2.24) is 4.98 Å². The molecule has 1 heterocycles. The third-order valence-corrected chi connectivity index (χ3v) is 2.62. The van der Waals surface area contributed by atoms with Crippen molar-refractivity contribution >= 4 is 15.9 Å². The van der Waals surface area contributed by atoms with Crippen molar-refractivity contribution in [2.75, 3.05) is 13.7 Å². The highest BCUT2D eigenvalue weighted by Gasteiger charge is 2.27. The number of nitrogens with zero attached hydrogens (tertiary/aromatic N) is 1. The lowest BCUT2D eigenvalue weighted by Gasteiger charge is -2.24. The molecule has 0 radical (unpaired) electrons. The topological polar surface area (TPSA) is 68.4 Å². The molecule has 0 spiro atoms. The molecule has 0 saturated carbocycles. The van der Waals surface area contributed by atoms with Crippen LogP contribution in [0, 0.1) is 0 Å². The zero-order valence-electron chi connectivity index (χ0n) is 8.12. The van der Waals surface area contributed by atoms with Crippen LogP contribution in [0.1, 0.15) is 12.5 Å². The smallest absolute Gasteiger partial charge is 0.144 e. The fourth-order valence-corrected chi connectivity index (χ4v) is 1.94. The predicted octanol–water partition coefficient (Wildman–Crippen LogP) is 1.02. The highest BCUT2D eigenvalue weighted by atomic mass is 79.9. The Balaban J connectivity index is 3.30. The minimum Gasteiger partial charge on any atom is -0.495 e. The van der Waals surface area contributed by atoms with Crippen molar-refractivity contribution in [3.8, 4) is 5.75 Å². The van der Waals surface area contributed by atoms with E-state index in [-0.39, 0.29) is 6.54 Å². The van der Waals surface area contributed by atoms with E-state index < -0.39 is 5.60 Å². The van der Waals surface area contributed by atoms with E-state index in [1.54, 1.807) is 19.3 Å². The molecule has 0 amide bonds. The molecule has 0 bridgehead atoms. The average molecular weight is 261 g/mol. The fraction of sp³-hybridized carbons (Fsp3) is 0.444. The number of ether oxygens (including phenoxy) is 1. The Bertz CT molecular complexity index is 329. The van der Waals surface area contributed by atoms with Crippen LogP contribution in [-0.2, 0) is 5.60 Å². The summed E-state index contributed by atoms with van der Waals surface area (Å²) in [6.07, 6.45) is 3.15. The summed E-state index contributed by atoms with van der Waals surface area (Å²) in [4.78, 5) is 3.94. The Labute approximate surface area is 91.2 Å². The van der Waals surface area contributed by atoms with Gasteiger partial charge in [-0.15, -0.1) is 0 Å². The molecule has 3 N–H and O–H groups in total. The van der Waals surface area contributed by atoms with Crippen molar-refractivity contribution in [3.05, 3.63) is 22.4 Å². The first kappa shape index (κ1) is 11.4. The van der Waals surface area contributed by atoms with Gasteiger partial charge in [-0.1, -0.05) is 0 Å². The summed E-state index contributed by atoms with van der Waals surface area (Å²) in [5, 5.41) is 10.0. The fourth-order valence-electron chi connectivity index (χ4n) is 1.20. The van der Waals surface area contributed by atoms with Gasteiger partial charge >= 0.3 is 0 Å². The van der Waals surface area contributed by atoms with Crippen LogP contribution >= 0.6 is 15.9 Å². The number of aliphatic hydroxyl groups is 1. The third-order valence-electron chi connectivity index (χ3n) is 2.02. The largest absolute Gasteiger partial charge is 0.495 e. The van der Waals surface area contributed by atoms with E-state index in [0.717, 1.165) is 0 Å². The lowest BCUT2D eigenvalue weighted by atomic mass is 9.96. The number of rotatable bonds is 3. The van der Waals surface area contributed by atoms with Crippen molar-refractivity contribution < 1.29 is 9.84 Å². The van der Waals surface area contributed by atoms with Gasteiger partial charge in [0.15, 0.2) is 0 Å². The van der Waals surface area contributed by atoms with E-state index in [1.165, 1.54) is 7.11 Å². The van der Waals surface area contributed by atoms with Gasteiger partial charge in [0.2, 0.25) is 0 Å². The SMILES string of the molecule is COc1cncc(Br)c1C(C)(O)CN. The summed E-state index contributed by atoms with van der Waals surface area (Å²) < 4.78 is 5.79. The van der Waals surface area contributed by atoms with Gasteiger partial charge in [-0.05, 0) is 22.9 Å². The van der Waals surface area contributed by atoms with Gasteiger partial charge < -0.3 is 15.6 Å². The van der Waals surface area contributed by atoms with Crippen LogP contribution in [0.5, 0.6) is 5.75 Å². The monoisotopic (exact) mass is 260 g/mol.